The zero-order valence-corrected chi connectivity index (χ0v) is 12.4. The van der Waals surface area contributed by atoms with Gasteiger partial charge in [0.2, 0.25) is 0 Å². The maximum atomic E-state index is 11.7. The van der Waals surface area contributed by atoms with Crippen molar-refractivity contribution in [3.8, 4) is 5.75 Å². The van der Waals surface area contributed by atoms with Crippen LogP contribution in [0.25, 0.3) is 0 Å². The fourth-order valence-electron chi connectivity index (χ4n) is 1.43. The molecule has 0 unspecified atom stereocenters. The lowest BCUT2D eigenvalue weighted by Crippen LogP contribution is -2.37. The van der Waals surface area contributed by atoms with Gasteiger partial charge in [-0.15, -0.1) is 0 Å². The van der Waals surface area contributed by atoms with Gasteiger partial charge in [0.15, 0.2) is 11.7 Å². The van der Waals surface area contributed by atoms with Crippen LogP contribution >= 0.6 is 23.8 Å². The molecule has 0 spiro atoms. The van der Waals surface area contributed by atoms with Crippen LogP contribution in [0, 0.1) is 0 Å². The summed E-state index contributed by atoms with van der Waals surface area (Å²) in [6, 6.07) is 12.1. The van der Waals surface area contributed by atoms with Crippen LogP contribution in [0.1, 0.15) is 0 Å². The third-order valence-electron chi connectivity index (χ3n) is 2.34. The molecule has 2 N–H and O–H groups in total. The van der Waals surface area contributed by atoms with Crippen molar-refractivity contribution in [2.45, 2.75) is 0 Å². The molecule has 2 rings (SSSR count). The standard InChI is InChI=1S/C14H12ClN3O2S/c15-10-4-6-11(7-5-10)20-9-13(19)18-14(21)17-12-3-1-2-8-16-12/h1-8H,9H2,(H2,16,17,18,19,21). The van der Waals surface area contributed by atoms with Gasteiger partial charge in [-0.2, -0.15) is 0 Å². The summed E-state index contributed by atoms with van der Waals surface area (Å²) in [5.41, 5.74) is 0. The molecule has 7 heteroatoms. The van der Waals surface area contributed by atoms with Gasteiger partial charge in [0.25, 0.3) is 5.91 Å². The van der Waals surface area contributed by atoms with Gasteiger partial charge in [-0.1, -0.05) is 17.7 Å². The van der Waals surface area contributed by atoms with Gasteiger partial charge in [0, 0.05) is 11.2 Å². The van der Waals surface area contributed by atoms with Crippen LogP contribution in [0.5, 0.6) is 5.75 Å². The highest BCUT2D eigenvalue weighted by Crippen LogP contribution is 2.15. The highest BCUT2D eigenvalue weighted by molar-refractivity contribution is 7.80. The summed E-state index contributed by atoms with van der Waals surface area (Å²) in [4.78, 5) is 15.7. The minimum absolute atomic E-state index is 0.147. The van der Waals surface area contributed by atoms with Crippen molar-refractivity contribution in [1.82, 2.24) is 10.3 Å². The first-order valence-corrected chi connectivity index (χ1v) is 6.82. The van der Waals surface area contributed by atoms with Crippen LogP contribution < -0.4 is 15.4 Å². The third-order valence-corrected chi connectivity index (χ3v) is 2.80. The summed E-state index contributed by atoms with van der Waals surface area (Å²) in [6.45, 7) is -0.147. The van der Waals surface area contributed by atoms with Gasteiger partial charge >= 0.3 is 0 Å². The molecule has 108 valence electrons. The van der Waals surface area contributed by atoms with E-state index in [-0.39, 0.29) is 17.6 Å². The number of aromatic nitrogens is 1. The highest BCUT2D eigenvalue weighted by Gasteiger charge is 2.06. The Hall–Kier alpha value is -2.18. The number of thiocarbonyl (C=S) groups is 1. The van der Waals surface area contributed by atoms with E-state index >= 15 is 0 Å². The molecule has 0 aliphatic heterocycles. The van der Waals surface area contributed by atoms with Crippen LogP contribution in [0.4, 0.5) is 5.82 Å². The maximum Gasteiger partial charge on any atom is 0.264 e. The number of pyridine rings is 1. The van der Waals surface area contributed by atoms with E-state index in [1.54, 1.807) is 42.6 Å². The molecule has 5 nitrogen and oxygen atoms in total. The van der Waals surface area contributed by atoms with E-state index < -0.39 is 0 Å². The Labute approximate surface area is 132 Å². The van der Waals surface area contributed by atoms with Crippen molar-refractivity contribution in [2.75, 3.05) is 11.9 Å². The number of carbonyl (C=O) groups excluding carboxylic acids is 1. The molecular formula is C14H12ClN3O2S. The molecule has 0 saturated carbocycles. The summed E-state index contributed by atoms with van der Waals surface area (Å²) < 4.78 is 5.30. The van der Waals surface area contributed by atoms with Crippen LogP contribution in [-0.4, -0.2) is 22.6 Å². The second-order valence-electron chi connectivity index (χ2n) is 3.96. The summed E-state index contributed by atoms with van der Waals surface area (Å²) in [6.07, 6.45) is 1.62. The number of amides is 1. The molecule has 0 bridgehead atoms. The summed E-state index contributed by atoms with van der Waals surface area (Å²) in [5.74, 6) is 0.748. The molecular weight excluding hydrogens is 310 g/mol. The van der Waals surface area contributed by atoms with Crippen molar-refractivity contribution in [3.63, 3.8) is 0 Å². The number of nitrogens with zero attached hydrogens (tertiary/aromatic N) is 1. The molecule has 1 heterocycles. The number of hydrogen-bond acceptors (Lipinski definition) is 4. The molecule has 0 atom stereocenters. The van der Waals surface area contributed by atoms with E-state index in [1.165, 1.54) is 0 Å². The first kappa shape index (κ1) is 15.2. The van der Waals surface area contributed by atoms with E-state index in [4.69, 9.17) is 28.6 Å². The number of halogens is 1. The van der Waals surface area contributed by atoms with Gasteiger partial charge in [-0.25, -0.2) is 4.98 Å². The van der Waals surface area contributed by atoms with E-state index in [2.05, 4.69) is 15.6 Å². The molecule has 1 aromatic heterocycles. The lowest BCUT2D eigenvalue weighted by Gasteiger charge is -2.09. The lowest BCUT2D eigenvalue weighted by atomic mass is 10.3. The van der Waals surface area contributed by atoms with Crippen molar-refractivity contribution >= 4 is 40.7 Å². The first-order chi connectivity index (χ1) is 10.1. The summed E-state index contributed by atoms with van der Waals surface area (Å²) >= 11 is 10.8. The van der Waals surface area contributed by atoms with E-state index in [0.717, 1.165) is 0 Å². The number of ether oxygens (including phenoxy) is 1. The van der Waals surface area contributed by atoms with Crippen LogP contribution in [0.2, 0.25) is 5.02 Å². The number of anilines is 1. The van der Waals surface area contributed by atoms with Crippen LogP contribution in [0.15, 0.2) is 48.7 Å². The minimum Gasteiger partial charge on any atom is -0.484 e. The predicted molar refractivity (Wildman–Crippen MR) is 85.5 cm³/mol. The van der Waals surface area contributed by atoms with Crippen LogP contribution in [0.3, 0.4) is 0 Å². The smallest absolute Gasteiger partial charge is 0.264 e. The average Bonchev–Trinajstić information content (AvgIpc) is 2.47. The Morgan fingerprint density at radius 3 is 2.67 bits per heavy atom. The zero-order valence-electron chi connectivity index (χ0n) is 10.9. The topological polar surface area (TPSA) is 63.2 Å². The molecule has 0 aliphatic carbocycles. The number of rotatable bonds is 4. The molecule has 2 aromatic rings. The van der Waals surface area contributed by atoms with Gasteiger partial charge in [0.05, 0.1) is 0 Å². The number of carbonyl (C=O) groups is 1. The van der Waals surface area contributed by atoms with Crippen molar-refractivity contribution < 1.29 is 9.53 Å². The number of nitrogens with one attached hydrogen (secondary N) is 2. The predicted octanol–water partition coefficient (Wildman–Crippen LogP) is 2.63. The van der Waals surface area contributed by atoms with E-state index in [9.17, 15) is 4.79 Å². The van der Waals surface area contributed by atoms with Gasteiger partial charge in [0.1, 0.15) is 11.6 Å². The average molecular weight is 322 g/mol. The molecule has 1 aromatic carbocycles. The Balaban J connectivity index is 1.76. The van der Waals surface area contributed by atoms with Crippen molar-refractivity contribution in [1.29, 1.82) is 0 Å². The fourth-order valence-corrected chi connectivity index (χ4v) is 1.77. The molecule has 21 heavy (non-hydrogen) atoms. The van der Waals surface area contributed by atoms with E-state index in [1.807, 2.05) is 6.07 Å². The Kier molecular flexibility index (Phi) is 5.48. The Morgan fingerprint density at radius 1 is 1.24 bits per heavy atom. The van der Waals surface area contributed by atoms with Crippen molar-refractivity contribution in [2.24, 2.45) is 0 Å². The molecule has 0 fully saturated rings. The van der Waals surface area contributed by atoms with Crippen molar-refractivity contribution in [3.05, 3.63) is 53.7 Å². The monoisotopic (exact) mass is 321 g/mol. The van der Waals surface area contributed by atoms with E-state index in [0.29, 0.717) is 16.6 Å². The SMILES string of the molecule is O=C(COc1ccc(Cl)cc1)NC(=S)Nc1ccccn1. The van der Waals surface area contributed by atoms with Gasteiger partial charge in [-0.3, -0.25) is 10.1 Å². The fraction of sp³-hybridized carbons (Fsp3) is 0.0714. The van der Waals surface area contributed by atoms with Gasteiger partial charge in [-0.05, 0) is 48.6 Å². The third kappa shape index (κ3) is 5.37. The Morgan fingerprint density at radius 2 is 2.00 bits per heavy atom. The summed E-state index contributed by atoms with van der Waals surface area (Å²) in [7, 11) is 0. The minimum atomic E-state index is -0.363. The Bertz CT molecular complexity index is 620. The molecule has 0 aliphatic rings. The zero-order chi connectivity index (χ0) is 15.1. The van der Waals surface area contributed by atoms with Crippen LogP contribution in [-0.2, 0) is 4.79 Å². The quantitative estimate of drug-likeness (QED) is 0.848. The second-order valence-corrected chi connectivity index (χ2v) is 4.80. The maximum absolute atomic E-state index is 11.7. The number of benzene rings is 1. The first-order valence-electron chi connectivity index (χ1n) is 6.04. The number of hydrogen-bond donors (Lipinski definition) is 2. The van der Waals surface area contributed by atoms with Gasteiger partial charge < -0.3 is 10.1 Å². The molecule has 1 amide bonds. The molecule has 0 radical (unpaired) electrons. The summed E-state index contributed by atoms with van der Waals surface area (Å²) in [5, 5.41) is 6.06. The highest BCUT2D eigenvalue weighted by atomic mass is 35.5. The molecule has 0 saturated heterocycles. The largest absolute Gasteiger partial charge is 0.484 e. The second kappa shape index (κ2) is 7.56. The lowest BCUT2D eigenvalue weighted by molar-refractivity contribution is -0.121. The normalized spacial score (nSPS) is 9.76.